The Morgan fingerprint density at radius 1 is 0.750 bits per heavy atom. The molecular formula is C14H30N2O4. The summed E-state index contributed by atoms with van der Waals surface area (Å²) >= 11 is 0. The molecule has 4 N–H and O–H groups in total. The quantitative estimate of drug-likeness (QED) is 0.627. The zero-order chi connectivity index (χ0) is 15.3. The number of nitrogens with two attached hydrogens (primary N) is 2. The first-order chi connectivity index (χ1) is 9.45. The van der Waals surface area contributed by atoms with Gasteiger partial charge in [0, 0.05) is 33.9 Å². The molecule has 6 nitrogen and oxygen atoms in total. The minimum atomic E-state index is -0.881. The number of rotatable bonds is 8. The third-order valence-electron chi connectivity index (χ3n) is 4.77. The third-order valence-corrected chi connectivity index (χ3v) is 4.77. The van der Waals surface area contributed by atoms with Crippen molar-refractivity contribution in [2.45, 2.75) is 24.9 Å². The first-order valence-corrected chi connectivity index (χ1v) is 6.99. The molecule has 120 valence electrons. The van der Waals surface area contributed by atoms with E-state index >= 15 is 0 Å². The molecule has 0 heterocycles. The summed E-state index contributed by atoms with van der Waals surface area (Å²) in [6.45, 7) is 1.87. The fraction of sp³-hybridized carbons (Fsp3) is 1.00. The van der Waals surface area contributed by atoms with Crippen molar-refractivity contribution in [2.75, 3.05) is 54.9 Å². The molecule has 0 amide bonds. The molecule has 0 spiro atoms. The topological polar surface area (TPSA) is 89.0 Å². The van der Waals surface area contributed by atoms with Gasteiger partial charge in [-0.05, 0) is 19.3 Å². The molecule has 0 atom stereocenters. The first kappa shape index (κ1) is 17.8. The Hall–Kier alpha value is -0.240. The van der Waals surface area contributed by atoms with Crippen LogP contribution >= 0.6 is 0 Å². The van der Waals surface area contributed by atoms with Crippen molar-refractivity contribution in [3.63, 3.8) is 0 Å². The standard InChI is InChI=1S/C14H30N2O4/c1-17-8-12(9-18-2)6-5-7-14(15,16)13(12,10-19-3)11-20-4/h5-11,15-16H2,1-4H3. The molecule has 0 saturated heterocycles. The van der Waals surface area contributed by atoms with E-state index in [0.717, 1.165) is 19.3 Å². The Balaban J connectivity index is 3.32. The van der Waals surface area contributed by atoms with Crippen LogP contribution in [0, 0.1) is 10.8 Å². The van der Waals surface area contributed by atoms with Crippen LogP contribution in [0.15, 0.2) is 0 Å². The SMILES string of the molecule is COCC1(COC)CCCC(N)(N)C1(COC)COC. The molecule has 1 aliphatic carbocycles. The molecular weight excluding hydrogens is 260 g/mol. The third kappa shape index (κ3) is 2.86. The molecule has 1 aliphatic rings. The summed E-state index contributed by atoms with van der Waals surface area (Å²) in [7, 11) is 6.69. The van der Waals surface area contributed by atoms with E-state index in [1.165, 1.54) is 0 Å². The first-order valence-electron chi connectivity index (χ1n) is 6.99. The van der Waals surface area contributed by atoms with Gasteiger partial charge in [0.05, 0.1) is 37.5 Å². The fourth-order valence-electron chi connectivity index (χ4n) is 3.82. The maximum atomic E-state index is 6.47. The molecule has 1 saturated carbocycles. The summed E-state index contributed by atoms with van der Waals surface area (Å²) in [4.78, 5) is 0. The lowest BCUT2D eigenvalue weighted by atomic mass is 9.52. The molecule has 1 rings (SSSR count). The molecule has 0 unspecified atom stereocenters. The summed E-state index contributed by atoms with van der Waals surface area (Å²) < 4.78 is 21.9. The lowest BCUT2D eigenvalue weighted by Gasteiger charge is -2.60. The van der Waals surface area contributed by atoms with Crippen LogP contribution < -0.4 is 11.5 Å². The van der Waals surface area contributed by atoms with Gasteiger partial charge in [0.2, 0.25) is 0 Å². The van der Waals surface area contributed by atoms with Gasteiger partial charge >= 0.3 is 0 Å². The second-order valence-corrected chi connectivity index (χ2v) is 5.99. The van der Waals surface area contributed by atoms with Crippen molar-refractivity contribution >= 4 is 0 Å². The normalized spacial score (nSPS) is 23.7. The van der Waals surface area contributed by atoms with Crippen molar-refractivity contribution in [3.8, 4) is 0 Å². The summed E-state index contributed by atoms with van der Waals surface area (Å²) in [5.41, 5.74) is 11.2. The Morgan fingerprint density at radius 2 is 1.20 bits per heavy atom. The Morgan fingerprint density at radius 3 is 1.60 bits per heavy atom. The Labute approximate surface area is 122 Å². The lowest BCUT2D eigenvalue weighted by molar-refractivity contribution is -0.193. The summed E-state index contributed by atoms with van der Waals surface area (Å²) in [6, 6.07) is 0. The van der Waals surface area contributed by atoms with Crippen LogP contribution in [0.25, 0.3) is 0 Å². The van der Waals surface area contributed by atoms with Crippen LogP contribution in [0.5, 0.6) is 0 Å². The van der Waals surface area contributed by atoms with E-state index in [9.17, 15) is 0 Å². The molecule has 1 fully saturated rings. The summed E-state index contributed by atoms with van der Waals surface area (Å²) in [5, 5.41) is 0. The smallest absolute Gasteiger partial charge is 0.0746 e. The van der Waals surface area contributed by atoms with E-state index in [2.05, 4.69) is 0 Å². The number of hydrogen-bond donors (Lipinski definition) is 2. The molecule has 0 aromatic carbocycles. The molecule has 6 heteroatoms. The average molecular weight is 290 g/mol. The highest BCUT2D eigenvalue weighted by Crippen LogP contribution is 2.53. The van der Waals surface area contributed by atoms with E-state index in [4.69, 9.17) is 30.4 Å². The molecule has 0 aromatic rings. The highest BCUT2D eigenvalue weighted by molar-refractivity contribution is 5.12. The number of ether oxygens (including phenoxy) is 4. The Kier molecular flexibility index (Phi) is 6.37. The zero-order valence-electron chi connectivity index (χ0n) is 13.2. The average Bonchev–Trinajstić information content (AvgIpc) is 2.37. The number of hydrogen-bond acceptors (Lipinski definition) is 6. The van der Waals surface area contributed by atoms with Crippen LogP contribution in [0.3, 0.4) is 0 Å². The van der Waals surface area contributed by atoms with Crippen LogP contribution in [0.4, 0.5) is 0 Å². The van der Waals surface area contributed by atoms with Crippen LogP contribution in [0.1, 0.15) is 19.3 Å². The van der Waals surface area contributed by atoms with E-state index in [0.29, 0.717) is 26.4 Å². The van der Waals surface area contributed by atoms with Gasteiger partial charge in [0.1, 0.15) is 0 Å². The van der Waals surface area contributed by atoms with Crippen molar-refractivity contribution in [1.82, 2.24) is 0 Å². The zero-order valence-corrected chi connectivity index (χ0v) is 13.2. The van der Waals surface area contributed by atoms with E-state index in [1.54, 1.807) is 28.4 Å². The van der Waals surface area contributed by atoms with Crippen molar-refractivity contribution in [2.24, 2.45) is 22.3 Å². The van der Waals surface area contributed by atoms with Gasteiger partial charge in [-0.3, -0.25) is 0 Å². The maximum absolute atomic E-state index is 6.47. The Bertz CT molecular complexity index is 279. The van der Waals surface area contributed by atoms with E-state index < -0.39 is 11.1 Å². The second-order valence-electron chi connectivity index (χ2n) is 5.99. The largest absolute Gasteiger partial charge is 0.384 e. The molecule has 0 aliphatic heterocycles. The summed E-state index contributed by atoms with van der Waals surface area (Å²) in [5.74, 6) is 0. The highest BCUT2D eigenvalue weighted by atomic mass is 16.5. The van der Waals surface area contributed by atoms with Crippen LogP contribution in [-0.4, -0.2) is 60.5 Å². The predicted molar refractivity (Wildman–Crippen MR) is 77.3 cm³/mol. The van der Waals surface area contributed by atoms with E-state index in [1.807, 2.05) is 0 Å². The highest BCUT2D eigenvalue weighted by Gasteiger charge is 2.62. The molecule has 0 radical (unpaired) electrons. The van der Waals surface area contributed by atoms with E-state index in [-0.39, 0.29) is 5.41 Å². The number of methoxy groups -OCH3 is 4. The van der Waals surface area contributed by atoms with Crippen molar-refractivity contribution in [1.29, 1.82) is 0 Å². The minimum absolute atomic E-state index is 0.315. The minimum Gasteiger partial charge on any atom is -0.384 e. The van der Waals surface area contributed by atoms with Crippen molar-refractivity contribution in [3.05, 3.63) is 0 Å². The van der Waals surface area contributed by atoms with Gasteiger partial charge in [-0.25, -0.2) is 0 Å². The summed E-state index contributed by atoms with van der Waals surface area (Å²) in [6.07, 6.45) is 2.60. The monoisotopic (exact) mass is 290 g/mol. The van der Waals surface area contributed by atoms with Gasteiger partial charge in [-0.1, -0.05) is 0 Å². The predicted octanol–water partition coefficient (Wildman–Crippen LogP) is 0.342. The van der Waals surface area contributed by atoms with Gasteiger partial charge in [-0.15, -0.1) is 0 Å². The van der Waals surface area contributed by atoms with Gasteiger partial charge in [0.25, 0.3) is 0 Å². The van der Waals surface area contributed by atoms with Crippen LogP contribution in [-0.2, 0) is 18.9 Å². The fourth-order valence-corrected chi connectivity index (χ4v) is 3.82. The van der Waals surface area contributed by atoms with Gasteiger partial charge in [0.15, 0.2) is 0 Å². The molecule has 0 aromatic heterocycles. The van der Waals surface area contributed by atoms with Crippen LogP contribution in [0.2, 0.25) is 0 Å². The molecule has 0 bridgehead atoms. The lowest BCUT2D eigenvalue weighted by Crippen LogP contribution is -2.75. The second kappa shape index (κ2) is 7.15. The maximum Gasteiger partial charge on any atom is 0.0746 e. The molecule has 20 heavy (non-hydrogen) atoms. The van der Waals surface area contributed by atoms with Gasteiger partial charge in [-0.2, -0.15) is 0 Å². The van der Waals surface area contributed by atoms with Crippen molar-refractivity contribution < 1.29 is 18.9 Å². The van der Waals surface area contributed by atoms with Gasteiger partial charge < -0.3 is 30.4 Å².